The number of alkyl halides is 1. The van der Waals surface area contributed by atoms with Crippen molar-refractivity contribution < 1.29 is 14.3 Å². The number of ether oxygens (including phenoxy) is 2. The van der Waals surface area contributed by atoms with Crippen LogP contribution in [0.15, 0.2) is 18.2 Å². The van der Waals surface area contributed by atoms with Crippen molar-refractivity contribution in [2.24, 2.45) is 0 Å². The number of nitriles is 1. The molecule has 2 unspecified atom stereocenters. The maximum Gasteiger partial charge on any atom is 0.408 e. The van der Waals surface area contributed by atoms with Crippen molar-refractivity contribution >= 4 is 17.7 Å². The zero-order chi connectivity index (χ0) is 17.4. The predicted octanol–water partition coefficient (Wildman–Crippen LogP) is 3.90. The van der Waals surface area contributed by atoms with Gasteiger partial charge in [0.2, 0.25) is 0 Å². The molecular formula is C17H21ClN2O3. The van der Waals surface area contributed by atoms with Gasteiger partial charge >= 0.3 is 6.09 Å². The molecule has 1 N–H and O–H groups in total. The lowest BCUT2D eigenvalue weighted by Crippen LogP contribution is -2.57. The standard InChI is InChI=1S/C17H21ClN2O3/c1-16(2,3)23-15(21)20-14-13(18)11-8-10(9-19)6-7-12(11)22-17(14,4)5/h6-8,13-14H,1-5H3,(H,20,21). The number of amides is 1. The van der Waals surface area contributed by atoms with Crippen molar-refractivity contribution in [2.45, 2.75) is 57.2 Å². The Labute approximate surface area is 141 Å². The van der Waals surface area contributed by atoms with Crippen LogP contribution >= 0.6 is 11.6 Å². The summed E-state index contributed by atoms with van der Waals surface area (Å²) in [5.74, 6) is 0.622. The SMILES string of the molecule is CC(C)(C)OC(=O)NC1C(Cl)c2cc(C#N)ccc2OC1(C)C. The molecule has 0 saturated heterocycles. The highest BCUT2D eigenvalue weighted by molar-refractivity contribution is 6.21. The number of nitrogens with one attached hydrogen (secondary N) is 1. The Kier molecular flexibility index (Phi) is 4.50. The van der Waals surface area contributed by atoms with Crippen LogP contribution in [-0.4, -0.2) is 23.3 Å². The van der Waals surface area contributed by atoms with Gasteiger partial charge in [0.05, 0.1) is 23.1 Å². The van der Waals surface area contributed by atoms with Gasteiger partial charge in [-0.05, 0) is 52.8 Å². The molecule has 23 heavy (non-hydrogen) atoms. The number of hydrogen-bond acceptors (Lipinski definition) is 4. The Morgan fingerprint density at radius 1 is 1.43 bits per heavy atom. The zero-order valence-corrected chi connectivity index (χ0v) is 14.7. The molecule has 1 aromatic carbocycles. The summed E-state index contributed by atoms with van der Waals surface area (Å²) in [7, 11) is 0. The third kappa shape index (κ3) is 3.89. The van der Waals surface area contributed by atoms with E-state index < -0.39 is 28.7 Å². The summed E-state index contributed by atoms with van der Waals surface area (Å²) in [6.07, 6.45) is -0.551. The number of hydrogen-bond donors (Lipinski definition) is 1. The minimum atomic E-state index is -0.718. The van der Waals surface area contributed by atoms with Crippen molar-refractivity contribution in [3.05, 3.63) is 29.3 Å². The molecule has 1 heterocycles. The number of halogens is 1. The monoisotopic (exact) mass is 336 g/mol. The van der Waals surface area contributed by atoms with E-state index in [1.54, 1.807) is 39.0 Å². The number of carbonyl (C=O) groups is 1. The Hall–Kier alpha value is -1.93. The molecule has 0 spiro atoms. The predicted molar refractivity (Wildman–Crippen MR) is 87.6 cm³/mol. The summed E-state index contributed by atoms with van der Waals surface area (Å²) < 4.78 is 11.3. The van der Waals surface area contributed by atoms with E-state index in [1.165, 1.54) is 0 Å². The fraction of sp³-hybridized carbons (Fsp3) is 0.529. The Balaban J connectivity index is 2.29. The zero-order valence-electron chi connectivity index (χ0n) is 13.9. The third-order valence-electron chi connectivity index (χ3n) is 3.52. The van der Waals surface area contributed by atoms with Crippen molar-refractivity contribution in [3.63, 3.8) is 0 Å². The minimum absolute atomic E-state index is 0.494. The van der Waals surface area contributed by atoms with E-state index in [4.69, 9.17) is 26.3 Å². The molecule has 0 saturated carbocycles. The first-order valence-electron chi connectivity index (χ1n) is 7.40. The first-order valence-corrected chi connectivity index (χ1v) is 7.84. The summed E-state index contributed by atoms with van der Waals surface area (Å²) in [6, 6.07) is 6.68. The molecule has 1 aliphatic heterocycles. The van der Waals surface area contributed by atoms with Gasteiger partial charge in [0.1, 0.15) is 17.0 Å². The van der Waals surface area contributed by atoms with Gasteiger partial charge in [-0.1, -0.05) is 0 Å². The average Bonchev–Trinajstić information content (AvgIpc) is 2.41. The minimum Gasteiger partial charge on any atom is -0.485 e. The van der Waals surface area contributed by atoms with Crippen LogP contribution < -0.4 is 10.1 Å². The van der Waals surface area contributed by atoms with Crippen LogP contribution in [-0.2, 0) is 4.74 Å². The summed E-state index contributed by atoms with van der Waals surface area (Å²) in [6.45, 7) is 9.09. The lowest BCUT2D eigenvalue weighted by Gasteiger charge is -2.43. The van der Waals surface area contributed by atoms with Gasteiger partial charge < -0.3 is 14.8 Å². The van der Waals surface area contributed by atoms with Crippen molar-refractivity contribution in [1.29, 1.82) is 5.26 Å². The van der Waals surface area contributed by atoms with E-state index in [9.17, 15) is 4.79 Å². The highest BCUT2D eigenvalue weighted by Gasteiger charge is 2.44. The second-order valence-electron chi connectivity index (χ2n) is 7.10. The second kappa shape index (κ2) is 5.93. The van der Waals surface area contributed by atoms with Crippen molar-refractivity contribution in [3.8, 4) is 11.8 Å². The number of carbonyl (C=O) groups excluding carboxylic acids is 1. The number of nitrogens with zero attached hydrogens (tertiary/aromatic N) is 1. The quantitative estimate of drug-likeness (QED) is 0.789. The maximum atomic E-state index is 12.1. The van der Waals surface area contributed by atoms with Gasteiger partial charge in [-0.2, -0.15) is 5.26 Å². The highest BCUT2D eigenvalue weighted by Crippen LogP contribution is 2.43. The van der Waals surface area contributed by atoms with E-state index in [-0.39, 0.29) is 0 Å². The Morgan fingerprint density at radius 3 is 2.65 bits per heavy atom. The van der Waals surface area contributed by atoms with Crippen LogP contribution in [0, 0.1) is 11.3 Å². The Morgan fingerprint density at radius 2 is 2.09 bits per heavy atom. The molecule has 1 amide bonds. The van der Waals surface area contributed by atoms with Gasteiger partial charge in [0, 0.05) is 5.56 Å². The molecule has 0 aliphatic carbocycles. The molecule has 0 radical (unpaired) electrons. The number of fused-ring (bicyclic) bond motifs is 1. The van der Waals surface area contributed by atoms with Gasteiger partial charge in [-0.25, -0.2) is 4.79 Å². The summed E-state index contributed by atoms with van der Waals surface area (Å²) in [4.78, 5) is 12.1. The molecule has 2 rings (SSSR count). The second-order valence-corrected chi connectivity index (χ2v) is 7.57. The molecule has 0 fully saturated rings. The van der Waals surface area contributed by atoms with Gasteiger partial charge in [0.25, 0.3) is 0 Å². The van der Waals surface area contributed by atoms with Crippen LogP contribution in [0.1, 0.15) is 51.1 Å². The first kappa shape index (κ1) is 17.4. The van der Waals surface area contributed by atoms with Crippen molar-refractivity contribution in [2.75, 3.05) is 0 Å². The molecular weight excluding hydrogens is 316 g/mol. The highest BCUT2D eigenvalue weighted by atomic mass is 35.5. The van der Waals surface area contributed by atoms with Gasteiger partial charge in [0.15, 0.2) is 0 Å². The molecule has 1 aliphatic rings. The lowest BCUT2D eigenvalue weighted by molar-refractivity contribution is 0.0207. The van der Waals surface area contributed by atoms with E-state index in [0.29, 0.717) is 16.9 Å². The van der Waals surface area contributed by atoms with E-state index in [1.807, 2.05) is 13.8 Å². The van der Waals surface area contributed by atoms with Crippen LogP contribution in [0.3, 0.4) is 0 Å². The lowest BCUT2D eigenvalue weighted by atomic mass is 9.87. The Bertz CT molecular complexity index is 659. The smallest absolute Gasteiger partial charge is 0.408 e. The molecule has 0 aromatic heterocycles. The summed E-state index contributed by atoms with van der Waals surface area (Å²) in [5, 5.41) is 11.3. The molecule has 5 nitrogen and oxygen atoms in total. The summed E-state index contributed by atoms with van der Waals surface area (Å²) >= 11 is 6.58. The molecule has 124 valence electrons. The maximum absolute atomic E-state index is 12.1. The molecule has 0 bridgehead atoms. The fourth-order valence-corrected chi connectivity index (χ4v) is 3.02. The van der Waals surface area contributed by atoms with E-state index in [0.717, 1.165) is 0 Å². The largest absolute Gasteiger partial charge is 0.485 e. The molecule has 6 heteroatoms. The number of rotatable bonds is 1. The number of benzene rings is 1. The summed E-state index contributed by atoms with van der Waals surface area (Å²) in [5.41, 5.74) is -0.137. The fourth-order valence-electron chi connectivity index (χ4n) is 2.49. The van der Waals surface area contributed by atoms with Crippen LogP contribution in [0.25, 0.3) is 0 Å². The van der Waals surface area contributed by atoms with Crippen LogP contribution in [0.4, 0.5) is 4.79 Å². The van der Waals surface area contributed by atoms with E-state index >= 15 is 0 Å². The molecule has 2 atom stereocenters. The van der Waals surface area contributed by atoms with Crippen LogP contribution in [0.2, 0.25) is 0 Å². The van der Waals surface area contributed by atoms with Gasteiger partial charge in [-0.15, -0.1) is 11.6 Å². The first-order chi connectivity index (χ1) is 10.5. The van der Waals surface area contributed by atoms with Gasteiger partial charge in [-0.3, -0.25) is 0 Å². The van der Waals surface area contributed by atoms with Crippen LogP contribution in [0.5, 0.6) is 5.75 Å². The third-order valence-corrected chi connectivity index (χ3v) is 4.01. The van der Waals surface area contributed by atoms with Crippen molar-refractivity contribution in [1.82, 2.24) is 5.32 Å². The molecule has 1 aromatic rings. The topological polar surface area (TPSA) is 71.3 Å². The average molecular weight is 337 g/mol. The van der Waals surface area contributed by atoms with E-state index in [2.05, 4.69) is 11.4 Å². The number of alkyl carbamates (subject to hydrolysis) is 1. The normalized spacial score (nSPS) is 22.3.